The van der Waals surface area contributed by atoms with Crippen LogP contribution in [0.1, 0.15) is 56.1 Å². The third kappa shape index (κ3) is 2.72. The zero-order valence-electron chi connectivity index (χ0n) is 14.9. The lowest BCUT2D eigenvalue weighted by molar-refractivity contribution is 0.0509. The van der Waals surface area contributed by atoms with Crippen LogP contribution >= 0.6 is 0 Å². The Kier molecular flexibility index (Phi) is 4.43. The van der Waals surface area contributed by atoms with E-state index in [9.17, 15) is 9.59 Å². The van der Waals surface area contributed by atoms with Gasteiger partial charge in [-0.3, -0.25) is 9.59 Å². The highest BCUT2D eigenvalue weighted by Gasteiger charge is 2.31. The second-order valence-electron chi connectivity index (χ2n) is 6.82. The highest BCUT2D eigenvalue weighted by atomic mass is 16.2. The summed E-state index contributed by atoms with van der Waals surface area (Å²) in [5.41, 5.74) is 1.56. The Balaban J connectivity index is 2.16. The maximum Gasteiger partial charge on any atom is 0.259 e. The predicted molar refractivity (Wildman–Crippen MR) is 95.4 cm³/mol. The van der Waals surface area contributed by atoms with E-state index in [0.717, 1.165) is 25.0 Å². The molecule has 1 aliphatic heterocycles. The summed E-state index contributed by atoms with van der Waals surface area (Å²) in [5.74, 6) is -0.149. The van der Waals surface area contributed by atoms with E-state index in [1.807, 2.05) is 29.4 Å². The average Bonchev–Trinajstić information content (AvgIpc) is 2.54. The molecule has 0 saturated carbocycles. The van der Waals surface area contributed by atoms with Crippen molar-refractivity contribution >= 4 is 16.9 Å². The van der Waals surface area contributed by atoms with Crippen LogP contribution in [-0.2, 0) is 6.54 Å². The van der Waals surface area contributed by atoms with Crippen molar-refractivity contribution in [2.75, 3.05) is 0 Å². The van der Waals surface area contributed by atoms with Gasteiger partial charge in [-0.05, 0) is 59.1 Å². The first-order valence-corrected chi connectivity index (χ1v) is 8.77. The fraction of sp³-hybridized carbons (Fsp3) is 0.526. The molecule has 0 radical (unpaired) electrons. The van der Waals surface area contributed by atoms with E-state index in [2.05, 4.69) is 18.8 Å². The van der Waals surface area contributed by atoms with E-state index in [1.54, 1.807) is 12.3 Å². The molecule has 0 aromatic carbocycles. The summed E-state index contributed by atoms with van der Waals surface area (Å²) in [5, 5.41) is 0.519. The Hall–Kier alpha value is -2.17. The number of rotatable bonds is 2. The minimum absolute atomic E-state index is 0.149. The summed E-state index contributed by atoms with van der Waals surface area (Å²) in [6.45, 7) is 8.70. The summed E-state index contributed by atoms with van der Waals surface area (Å²) >= 11 is 0. The minimum Gasteiger partial charge on any atom is -0.333 e. The molecule has 0 bridgehead atoms. The van der Waals surface area contributed by atoms with E-state index in [-0.39, 0.29) is 29.0 Å². The van der Waals surface area contributed by atoms with Gasteiger partial charge in [-0.15, -0.1) is 0 Å². The van der Waals surface area contributed by atoms with Gasteiger partial charge in [-0.2, -0.15) is 0 Å². The van der Waals surface area contributed by atoms with Crippen molar-refractivity contribution in [2.45, 2.75) is 65.6 Å². The van der Waals surface area contributed by atoms with Gasteiger partial charge in [0.25, 0.3) is 5.91 Å². The maximum absolute atomic E-state index is 13.1. The lowest BCUT2D eigenvalue weighted by Gasteiger charge is -2.39. The molecule has 2 unspecified atom stereocenters. The van der Waals surface area contributed by atoms with E-state index < -0.39 is 0 Å². The van der Waals surface area contributed by atoms with Crippen LogP contribution in [0.15, 0.2) is 23.1 Å². The maximum atomic E-state index is 13.1. The lowest BCUT2D eigenvalue weighted by atomic mass is 9.96. The molecule has 128 valence electrons. The van der Waals surface area contributed by atoms with E-state index in [0.29, 0.717) is 17.6 Å². The molecule has 2 aromatic heterocycles. The van der Waals surface area contributed by atoms with Crippen LogP contribution in [-0.4, -0.2) is 32.4 Å². The molecule has 0 aliphatic carbocycles. The summed E-state index contributed by atoms with van der Waals surface area (Å²) in [6, 6.07) is 3.95. The number of amides is 1. The molecular weight excluding hydrogens is 302 g/mol. The van der Waals surface area contributed by atoms with Crippen LogP contribution in [0.25, 0.3) is 11.0 Å². The SMILES string of the molecule is CCn1cc(C(=O)N2C(C)CCCC2C)c(=O)c2ccc(C)nc21. The predicted octanol–water partition coefficient (Wildman–Crippen LogP) is 3.13. The van der Waals surface area contributed by atoms with Gasteiger partial charge < -0.3 is 9.47 Å². The van der Waals surface area contributed by atoms with Crippen molar-refractivity contribution in [3.8, 4) is 0 Å². The molecule has 5 nitrogen and oxygen atoms in total. The highest BCUT2D eigenvalue weighted by Crippen LogP contribution is 2.24. The number of pyridine rings is 2. The molecule has 1 aliphatic rings. The Morgan fingerprint density at radius 2 is 1.92 bits per heavy atom. The molecule has 2 aromatic rings. The second kappa shape index (κ2) is 6.38. The van der Waals surface area contributed by atoms with Crippen molar-refractivity contribution in [2.24, 2.45) is 0 Å². The monoisotopic (exact) mass is 327 g/mol. The Labute approximate surface area is 142 Å². The van der Waals surface area contributed by atoms with Gasteiger partial charge in [-0.1, -0.05) is 0 Å². The molecule has 3 rings (SSSR count). The molecule has 1 saturated heterocycles. The number of aryl methyl sites for hydroxylation is 2. The molecule has 1 fully saturated rings. The number of hydrogen-bond donors (Lipinski definition) is 0. The zero-order valence-corrected chi connectivity index (χ0v) is 14.9. The lowest BCUT2D eigenvalue weighted by Crippen LogP contribution is -2.48. The zero-order chi connectivity index (χ0) is 17.4. The van der Waals surface area contributed by atoms with Gasteiger partial charge in [0.1, 0.15) is 11.2 Å². The van der Waals surface area contributed by atoms with Gasteiger partial charge in [-0.25, -0.2) is 4.98 Å². The molecule has 2 atom stereocenters. The molecule has 0 spiro atoms. The van der Waals surface area contributed by atoms with Crippen molar-refractivity contribution < 1.29 is 4.79 Å². The van der Waals surface area contributed by atoms with Crippen molar-refractivity contribution in [1.82, 2.24) is 14.5 Å². The topological polar surface area (TPSA) is 55.2 Å². The molecule has 1 amide bonds. The van der Waals surface area contributed by atoms with Crippen LogP contribution in [0.4, 0.5) is 0 Å². The second-order valence-corrected chi connectivity index (χ2v) is 6.82. The van der Waals surface area contributed by atoms with E-state index in [4.69, 9.17) is 0 Å². The standard InChI is InChI=1S/C19H25N3O2/c1-5-21-11-16(17(23)15-10-9-12(2)20-18(15)21)19(24)22-13(3)7-6-8-14(22)4/h9-11,13-14H,5-8H2,1-4H3. The number of aromatic nitrogens is 2. The summed E-state index contributed by atoms with van der Waals surface area (Å²) in [7, 11) is 0. The summed E-state index contributed by atoms with van der Waals surface area (Å²) in [6.07, 6.45) is 4.80. The number of nitrogens with zero attached hydrogens (tertiary/aromatic N) is 3. The first kappa shape index (κ1) is 16.7. The quantitative estimate of drug-likeness (QED) is 0.851. The van der Waals surface area contributed by atoms with Gasteiger partial charge in [0.2, 0.25) is 5.43 Å². The van der Waals surface area contributed by atoms with Crippen LogP contribution < -0.4 is 5.43 Å². The Bertz CT molecular complexity index is 830. The van der Waals surface area contributed by atoms with Gasteiger partial charge in [0.05, 0.1) is 5.39 Å². The van der Waals surface area contributed by atoms with Crippen molar-refractivity contribution in [3.05, 3.63) is 39.8 Å². The summed E-state index contributed by atoms with van der Waals surface area (Å²) in [4.78, 5) is 32.4. The fourth-order valence-corrected chi connectivity index (χ4v) is 3.71. The Morgan fingerprint density at radius 3 is 2.54 bits per heavy atom. The fourth-order valence-electron chi connectivity index (χ4n) is 3.71. The first-order chi connectivity index (χ1) is 11.4. The molecule has 0 N–H and O–H groups in total. The Morgan fingerprint density at radius 1 is 1.25 bits per heavy atom. The first-order valence-electron chi connectivity index (χ1n) is 8.77. The van der Waals surface area contributed by atoms with Crippen LogP contribution in [0.2, 0.25) is 0 Å². The third-order valence-corrected chi connectivity index (χ3v) is 5.06. The summed E-state index contributed by atoms with van der Waals surface area (Å²) < 4.78 is 1.90. The van der Waals surface area contributed by atoms with E-state index >= 15 is 0 Å². The third-order valence-electron chi connectivity index (χ3n) is 5.06. The minimum atomic E-state index is -0.211. The largest absolute Gasteiger partial charge is 0.333 e. The van der Waals surface area contributed by atoms with Crippen LogP contribution in [0.5, 0.6) is 0 Å². The number of fused-ring (bicyclic) bond motifs is 1. The number of hydrogen-bond acceptors (Lipinski definition) is 3. The molecule has 24 heavy (non-hydrogen) atoms. The van der Waals surface area contributed by atoms with Crippen LogP contribution in [0, 0.1) is 6.92 Å². The van der Waals surface area contributed by atoms with E-state index in [1.165, 1.54) is 0 Å². The van der Waals surface area contributed by atoms with Crippen molar-refractivity contribution in [3.63, 3.8) is 0 Å². The van der Waals surface area contributed by atoms with Crippen LogP contribution in [0.3, 0.4) is 0 Å². The average molecular weight is 327 g/mol. The highest BCUT2D eigenvalue weighted by molar-refractivity contribution is 5.97. The van der Waals surface area contributed by atoms with Gasteiger partial charge >= 0.3 is 0 Å². The molecular formula is C19H25N3O2. The molecule has 5 heteroatoms. The smallest absolute Gasteiger partial charge is 0.259 e. The number of carbonyl (C=O) groups is 1. The number of carbonyl (C=O) groups excluding carboxylic acids is 1. The van der Waals surface area contributed by atoms with Gasteiger partial charge in [0.15, 0.2) is 0 Å². The number of likely N-dealkylation sites (tertiary alicyclic amines) is 1. The normalized spacial score (nSPS) is 21.2. The van der Waals surface area contributed by atoms with Gasteiger partial charge in [0, 0.05) is 30.5 Å². The van der Waals surface area contributed by atoms with Crippen molar-refractivity contribution in [1.29, 1.82) is 0 Å². The molecule has 3 heterocycles. The number of piperidine rings is 1.